The van der Waals surface area contributed by atoms with Crippen molar-refractivity contribution in [1.82, 2.24) is 5.32 Å². The maximum absolute atomic E-state index is 11.9. The molecule has 0 spiro atoms. The van der Waals surface area contributed by atoms with Gasteiger partial charge in [-0.2, -0.15) is 0 Å². The van der Waals surface area contributed by atoms with Crippen LogP contribution in [0, 0.1) is 5.92 Å². The summed E-state index contributed by atoms with van der Waals surface area (Å²) in [5, 5.41) is 12.1. The van der Waals surface area contributed by atoms with Crippen LogP contribution in [0.15, 0.2) is 0 Å². The van der Waals surface area contributed by atoms with Gasteiger partial charge in [-0.25, -0.2) is 4.79 Å². The highest BCUT2D eigenvalue weighted by Crippen LogP contribution is 2.32. The highest BCUT2D eigenvalue weighted by atomic mass is 16.5. The third-order valence-corrected chi connectivity index (χ3v) is 3.69. The molecule has 0 aromatic rings. The van der Waals surface area contributed by atoms with E-state index >= 15 is 0 Å². The molecule has 0 saturated heterocycles. The summed E-state index contributed by atoms with van der Waals surface area (Å²) in [6.07, 6.45) is 2.04. The van der Waals surface area contributed by atoms with Crippen molar-refractivity contribution in [2.45, 2.75) is 58.1 Å². The zero-order valence-electron chi connectivity index (χ0n) is 11.4. The Morgan fingerprint density at radius 1 is 1.44 bits per heavy atom. The Hall–Kier alpha value is -1.10. The van der Waals surface area contributed by atoms with E-state index in [2.05, 4.69) is 12.2 Å². The van der Waals surface area contributed by atoms with E-state index in [0.717, 1.165) is 12.8 Å². The Kier molecular flexibility index (Phi) is 5.14. The van der Waals surface area contributed by atoms with Crippen LogP contribution in [0.5, 0.6) is 0 Å². The SMILES string of the molecule is CCOC(C)C(=O)NC1(C(=O)O)CCC(C)CC1. The second-order valence-electron chi connectivity index (χ2n) is 5.16. The minimum Gasteiger partial charge on any atom is -0.480 e. The van der Waals surface area contributed by atoms with Crippen LogP contribution in [0.25, 0.3) is 0 Å². The number of aliphatic carboxylic acids is 1. The largest absolute Gasteiger partial charge is 0.480 e. The molecule has 0 aliphatic heterocycles. The average molecular weight is 257 g/mol. The molecule has 1 unspecified atom stereocenters. The van der Waals surface area contributed by atoms with Gasteiger partial charge in [-0.15, -0.1) is 0 Å². The first-order chi connectivity index (χ1) is 8.41. The van der Waals surface area contributed by atoms with Crippen LogP contribution in [0.2, 0.25) is 0 Å². The van der Waals surface area contributed by atoms with E-state index in [1.807, 2.05) is 0 Å². The molecule has 5 nitrogen and oxygen atoms in total. The first-order valence-electron chi connectivity index (χ1n) is 6.58. The summed E-state index contributed by atoms with van der Waals surface area (Å²) in [5.41, 5.74) is -1.10. The van der Waals surface area contributed by atoms with Crippen molar-refractivity contribution >= 4 is 11.9 Å². The number of carbonyl (C=O) groups excluding carboxylic acids is 1. The van der Waals surface area contributed by atoms with Crippen molar-refractivity contribution < 1.29 is 19.4 Å². The van der Waals surface area contributed by atoms with E-state index in [9.17, 15) is 14.7 Å². The van der Waals surface area contributed by atoms with Crippen LogP contribution in [-0.2, 0) is 14.3 Å². The molecular formula is C13H23NO4. The van der Waals surface area contributed by atoms with Gasteiger partial charge in [0.25, 0.3) is 0 Å². The van der Waals surface area contributed by atoms with Crippen molar-refractivity contribution in [3.05, 3.63) is 0 Å². The first-order valence-corrected chi connectivity index (χ1v) is 6.58. The van der Waals surface area contributed by atoms with Crippen molar-refractivity contribution in [2.24, 2.45) is 5.92 Å². The van der Waals surface area contributed by atoms with E-state index in [-0.39, 0.29) is 5.91 Å². The van der Waals surface area contributed by atoms with Gasteiger partial charge in [-0.3, -0.25) is 4.79 Å². The maximum atomic E-state index is 11.9. The van der Waals surface area contributed by atoms with Crippen molar-refractivity contribution in [3.8, 4) is 0 Å². The highest BCUT2D eigenvalue weighted by molar-refractivity contribution is 5.89. The highest BCUT2D eigenvalue weighted by Gasteiger charge is 2.43. The summed E-state index contributed by atoms with van der Waals surface area (Å²) >= 11 is 0. The third kappa shape index (κ3) is 3.45. The van der Waals surface area contributed by atoms with Gasteiger partial charge < -0.3 is 15.2 Å². The van der Waals surface area contributed by atoms with E-state index in [0.29, 0.717) is 25.4 Å². The zero-order valence-corrected chi connectivity index (χ0v) is 11.4. The monoisotopic (exact) mass is 257 g/mol. The minimum absolute atomic E-state index is 0.339. The molecule has 1 fully saturated rings. The van der Waals surface area contributed by atoms with Gasteiger partial charge in [0, 0.05) is 6.61 Å². The lowest BCUT2D eigenvalue weighted by Crippen LogP contribution is -2.58. The van der Waals surface area contributed by atoms with Gasteiger partial charge >= 0.3 is 5.97 Å². The lowest BCUT2D eigenvalue weighted by atomic mass is 9.77. The molecule has 1 atom stereocenters. The fourth-order valence-corrected chi connectivity index (χ4v) is 2.31. The molecule has 2 N–H and O–H groups in total. The number of ether oxygens (including phenoxy) is 1. The number of hydrogen-bond donors (Lipinski definition) is 2. The molecule has 0 aromatic heterocycles. The minimum atomic E-state index is -1.10. The second-order valence-corrected chi connectivity index (χ2v) is 5.16. The number of carboxylic acids is 1. The molecule has 104 valence electrons. The molecule has 0 heterocycles. The van der Waals surface area contributed by atoms with Gasteiger partial charge in [0.1, 0.15) is 11.6 Å². The lowest BCUT2D eigenvalue weighted by molar-refractivity contribution is -0.151. The smallest absolute Gasteiger partial charge is 0.329 e. The predicted molar refractivity (Wildman–Crippen MR) is 67.2 cm³/mol. The van der Waals surface area contributed by atoms with Crippen LogP contribution in [0.3, 0.4) is 0 Å². The van der Waals surface area contributed by atoms with Crippen LogP contribution in [0.1, 0.15) is 46.5 Å². The summed E-state index contributed by atoms with van der Waals surface area (Å²) in [6, 6.07) is 0. The van der Waals surface area contributed by atoms with Gasteiger partial charge in [-0.1, -0.05) is 6.92 Å². The zero-order chi connectivity index (χ0) is 13.8. The van der Waals surface area contributed by atoms with Crippen LogP contribution < -0.4 is 5.32 Å². The molecule has 0 radical (unpaired) electrons. The summed E-state index contributed by atoms with van der Waals surface area (Å²) in [4.78, 5) is 23.3. The number of carbonyl (C=O) groups is 2. The van der Waals surface area contributed by atoms with E-state index in [4.69, 9.17) is 4.74 Å². The Bertz CT molecular complexity index is 308. The van der Waals surface area contributed by atoms with Gasteiger partial charge in [0.2, 0.25) is 5.91 Å². The van der Waals surface area contributed by atoms with Crippen molar-refractivity contribution in [2.75, 3.05) is 6.61 Å². The lowest BCUT2D eigenvalue weighted by Gasteiger charge is -2.37. The third-order valence-electron chi connectivity index (χ3n) is 3.69. The number of rotatable bonds is 5. The van der Waals surface area contributed by atoms with Gasteiger partial charge in [0.15, 0.2) is 0 Å². The topological polar surface area (TPSA) is 75.6 Å². The maximum Gasteiger partial charge on any atom is 0.329 e. The Morgan fingerprint density at radius 3 is 2.44 bits per heavy atom. The Morgan fingerprint density at radius 2 is 2.00 bits per heavy atom. The molecule has 5 heteroatoms. The predicted octanol–water partition coefficient (Wildman–Crippen LogP) is 1.56. The number of hydrogen-bond acceptors (Lipinski definition) is 3. The fraction of sp³-hybridized carbons (Fsp3) is 0.846. The van der Waals surface area contributed by atoms with Crippen LogP contribution in [0.4, 0.5) is 0 Å². The van der Waals surface area contributed by atoms with Crippen LogP contribution >= 0.6 is 0 Å². The summed E-state index contributed by atoms with van der Waals surface area (Å²) in [7, 11) is 0. The second kappa shape index (κ2) is 6.18. The Balaban J connectivity index is 2.69. The molecular weight excluding hydrogens is 234 g/mol. The van der Waals surface area contributed by atoms with E-state index in [1.54, 1.807) is 13.8 Å². The molecule has 1 saturated carbocycles. The van der Waals surface area contributed by atoms with Gasteiger partial charge in [0.05, 0.1) is 0 Å². The first kappa shape index (κ1) is 15.0. The molecule has 1 aliphatic rings. The molecule has 18 heavy (non-hydrogen) atoms. The Labute approximate surface area is 108 Å². The van der Waals surface area contributed by atoms with Crippen molar-refractivity contribution in [3.63, 3.8) is 0 Å². The van der Waals surface area contributed by atoms with E-state index in [1.165, 1.54) is 0 Å². The van der Waals surface area contributed by atoms with Crippen LogP contribution in [-0.4, -0.2) is 35.2 Å². The number of nitrogens with one attached hydrogen (secondary N) is 1. The van der Waals surface area contributed by atoms with Crippen molar-refractivity contribution in [1.29, 1.82) is 0 Å². The molecule has 1 rings (SSSR count). The summed E-state index contributed by atoms with van der Waals surface area (Å²) < 4.78 is 5.19. The summed E-state index contributed by atoms with van der Waals surface area (Å²) in [5.74, 6) is -0.751. The number of amides is 1. The standard InChI is InChI=1S/C13H23NO4/c1-4-18-10(3)11(15)14-13(12(16)17)7-5-9(2)6-8-13/h9-10H,4-8H2,1-3H3,(H,14,15)(H,16,17). The summed E-state index contributed by atoms with van der Waals surface area (Å²) in [6.45, 7) is 5.99. The molecule has 1 amide bonds. The average Bonchev–Trinajstić information content (AvgIpc) is 2.32. The number of carboxylic acid groups (broad SMARTS) is 1. The quantitative estimate of drug-likeness (QED) is 0.783. The molecule has 0 aromatic carbocycles. The fourth-order valence-electron chi connectivity index (χ4n) is 2.31. The normalized spacial score (nSPS) is 29.6. The van der Waals surface area contributed by atoms with E-state index < -0.39 is 17.6 Å². The molecule has 1 aliphatic carbocycles. The van der Waals surface area contributed by atoms with Gasteiger partial charge in [-0.05, 0) is 45.4 Å². The molecule has 0 bridgehead atoms.